The number of thiophene rings is 2. The Morgan fingerprint density at radius 2 is 0.628 bits per heavy atom. The highest BCUT2D eigenvalue weighted by Crippen LogP contribution is 2.71. The van der Waals surface area contributed by atoms with Crippen LogP contribution >= 0.6 is 22.7 Å². The first kappa shape index (κ1) is 43.0. The third-order valence-electron chi connectivity index (χ3n) is 17.3. The van der Waals surface area contributed by atoms with Crippen molar-refractivity contribution in [2.75, 3.05) is 0 Å². The molecule has 0 bridgehead atoms. The van der Waals surface area contributed by atoms with Crippen molar-refractivity contribution in [1.29, 1.82) is 0 Å². The van der Waals surface area contributed by atoms with Crippen LogP contribution in [0, 0.1) is 0 Å². The second-order valence-corrected chi connectivity index (χ2v) is 26.9. The molecule has 16 aromatic rings. The van der Waals surface area contributed by atoms with E-state index in [1.54, 1.807) is 0 Å². The van der Waals surface area contributed by atoms with Gasteiger partial charge in [-0.2, -0.15) is 0 Å². The minimum atomic E-state index is -4.07. The number of aromatic nitrogens is 2. The summed E-state index contributed by atoms with van der Waals surface area (Å²) in [4.78, 5) is 3.54. The lowest BCUT2D eigenvalue weighted by atomic mass is 9.99. The summed E-state index contributed by atoms with van der Waals surface area (Å²) in [6.07, 6.45) is 0. The molecule has 18 rings (SSSR count). The highest BCUT2D eigenvalue weighted by atomic mass is 32.3. The van der Waals surface area contributed by atoms with Gasteiger partial charge in [0.1, 0.15) is 0 Å². The summed E-state index contributed by atoms with van der Waals surface area (Å²) in [6, 6.07) is 92.7. The molecule has 78 heavy (non-hydrogen) atoms. The van der Waals surface area contributed by atoms with Crippen LogP contribution in [-0.2, 0) is 9.07 Å². The Bertz CT molecular complexity index is 5060. The standard InChI is InChI=1S/C72H42N2OS3/c75-78(69-23-11-5-17-53(69)59-37-45(29-35-71(59)78)43-25-31-47(32-26-43)73-61-19-7-1-13-49(61)55-39-57-51-15-3-9-21-65(51)76-67(57)41-63(55)73)70-24-12-6-18-54(70)60-38-46(30-36-72(60)78)44-27-33-48(34-28-44)74-62-20-8-2-14-50(62)56-40-58-52-16-4-10-22-66(52)77-68(58)42-64(56)74/h1-42H. The number of hydrogen-bond acceptors (Lipinski definition) is 3. The van der Waals surface area contributed by atoms with E-state index >= 15 is 4.21 Å². The topological polar surface area (TPSA) is 26.9 Å². The molecule has 2 aliphatic rings. The minimum absolute atomic E-state index is 0.883. The zero-order chi connectivity index (χ0) is 51.0. The second kappa shape index (κ2) is 15.3. The van der Waals surface area contributed by atoms with E-state index in [2.05, 4.69) is 264 Å². The van der Waals surface area contributed by atoms with E-state index in [4.69, 9.17) is 0 Å². The van der Waals surface area contributed by atoms with Crippen molar-refractivity contribution in [2.24, 2.45) is 0 Å². The van der Waals surface area contributed by atoms with Crippen molar-refractivity contribution >= 4 is 116 Å². The summed E-state index contributed by atoms with van der Waals surface area (Å²) in [7, 11) is -4.07. The van der Waals surface area contributed by atoms with Crippen LogP contribution in [0.15, 0.2) is 274 Å². The normalized spacial score (nSPS) is 14.5. The lowest BCUT2D eigenvalue weighted by Gasteiger charge is -2.38. The second-order valence-electron chi connectivity index (χ2n) is 21.1. The van der Waals surface area contributed by atoms with Gasteiger partial charge in [-0.05, 0) is 154 Å². The molecule has 364 valence electrons. The van der Waals surface area contributed by atoms with Gasteiger partial charge >= 0.3 is 0 Å². The zero-order valence-corrected chi connectivity index (χ0v) is 44.2. The zero-order valence-electron chi connectivity index (χ0n) is 41.8. The van der Waals surface area contributed by atoms with Crippen molar-refractivity contribution < 1.29 is 4.21 Å². The highest BCUT2D eigenvalue weighted by Gasteiger charge is 2.57. The van der Waals surface area contributed by atoms with Gasteiger partial charge in [0.05, 0.1) is 22.1 Å². The maximum Gasteiger partial charge on any atom is 0.0555 e. The summed E-state index contributed by atoms with van der Waals surface area (Å²) in [5.41, 5.74) is 15.6. The summed E-state index contributed by atoms with van der Waals surface area (Å²) in [5, 5.41) is 10.3. The molecule has 0 radical (unpaired) electrons. The first-order chi connectivity index (χ1) is 38.5. The predicted octanol–water partition coefficient (Wildman–Crippen LogP) is 20.3. The van der Waals surface area contributed by atoms with Crippen molar-refractivity contribution in [3.8, 4) is 55.9 Å². The lowest BCUT2D eigenvalue weighted by Crippen LogP contribution is -2.30. The van der Waals surface area contributed by atoms with Gasteiger partial charge in [-0.15, -0.1) is 22.7 Å². The SMILES string of the molecule is O=S12(c3ccccc3-c3cc(-c4ccc(-n5c6ccccc6c6cc7c(cc65)sc5ccccc57)cc4)ccc31)c1ccccc1-c1cc(-c3ccc(-n4c5ccccc5c5cc6c(cc54)sc4ccccc46)cc3)ccc12. The van der Waals surface area contributed by atoms with Gasteiger partial charge in [0.15, 0.2) is 0 Å². The molecule has 0 fully saturated rings. The van der Waals surface area contributed by atoms with Crippen molar-refractivity contribution in [1.82, 2.24) is 9.13 Å². The molecular formula is C72H42N2OS3. The molecule has 0 aliphatic carbocycles. The molecule has 0 atom stereocenters. The van der Waals surface area contributed by atoms with Crippen LogP contribution in [0.1, 0.15) is 0 Å². The average Bonchev–Trinajstić information content (AvgIpc) is 3.70. The Labute approximate surface area is 456 Å². The van der Waals surface area contributed by atoms with E-state index in [1.165, 1.54) is 84.0 Å². The van der Waals surface area contributed by atoms with Gasteiger partial charge in [-0.25, -0.2) is 0 Å². The number of rotatable bonds is 4. The molecule has 2 aliphatic heterocycles. The number of benzene rings is 12. The smallest absolute Gasteiger partial charge is 0.0555 e. The summed E-state index contributed by atoms with van der Waals surface area (Å²) in [6.45, 7) is 0. The van der Waals surface area contributed by atoms with Gasteiger partial charge in [0, 0.05) is 102 Å². The number of nitrogens with zero attached hydrogens (tertiary/aromatic N) is 2. The molecule has 3 nitrogen and oxygen atoms in total. The molecule has 0 amide bonds. The molecule has 0 saturated heterocycles. The Morgan fingerprint density at radius 3 is 1.09 bits per heavy atom. The van der Waals surface area contributed by atoms with Crippen molar-refractivity contribution in [2.45, 2.75) is 19.6 Å². The molecule has 0 saturated carbocycles. The van der Waals surface area contributed by atoms with E-state index in [9.17, 15) is 0 Å². The van der Waals surface area contributed by atoms with Gasteiger partial charge in [0.2, 0.25) is 0 Å². The van der Waals surface area contributed by atoms with Crippen LogP contribution in [0.2, 0.25) is 0 Å². The summed E-state index contributed by atoms with van der Waals surface area (Å²) >= 11 is 3.72. The maximum absolute atomic E-state index is 17.6. The Kier molecular flexibility index (Phi) is 8.42. The molecular weight excluding hydrogens is 1010 g/mol. The molecule has 1 spiro atoms. The van der Waals surface area contributed by atoms with Crippen LogP contribution in [0.25, 0.3) is 140 Å². The summed E-state index contributed by atoms with van der Waals surface area (Å²) in [5.74, 6) is 0. The number of para-hydroxylation sites is 2. The maximum atomic E-state index is 17.6. The van der Waals surface area contributed by atoms with Crippen LogP contribution in [0.3, 0.4) is 0 Å². The quantitative estimate of drug-likeness (QED) is 0.173. The van der Waals surface area contributed by atoms with E-state index in [0.29, 0.717) is 0 Å². The van der Waals surface area contributed by atoms with Crippen LogP contribution in [-0.4, -0.2) is 13.3 Å². The molecule has 4 aromatic heterocycles. The molecule has 0 unspecified atom stereocenters. The Morgan fingerprint density at radius 1 is 0.256 bits per heavy atom. The van der Waals surface area contributed by atoms with E-state index < -0.39 is 9.07 Å². The third kappa shape index (κ3) is 5.44. The Hall–Kier alpha value is -9.17. The highest BCUT2D eigenvalue weighted by molar-refractivity contribution is 8.21. The monoisotopic (exact) mass is 1050 g/mol. The number of fused-ring (bicyclic) bond motifs is 22. The molecule has 6 heterocycles. The van der Waals surface area contributed by atoms with Crippen molar-refractivity contribution in [3.05, 3.63) is 255 Å². The Balaban J connectivity index is 0.739. The van der Waals surface area contributed by atoms with E-state index in [0.717, 1.165) is 75.5 Å². The largest absolute Gasteiger partial charge is 0.309 e. The predicted molar refractivity (Wildman–Crippen MR) is 330 cm³/mol. The van der Waals surface area contributed by atoms with E-state index in [-0.39, 0.29) is 0 Å². The molecule has 12 aromatic carbocycles. The van der Waals surface area contributed by atoms with Gasteiger partial charge in [0.25, 0.3) is 0 Å². The minimum Gasteiger partial charge on any atom is -0.309 e. The van der Waals surface area contributed by atoms with Crippen LogP contribution in [0.4, 0.5) is 0 Å². The first-order valence-electron chi connectivity index (χ1n) is 26.5. The fraction of sp³-hybridized carbons (Fsp3) is 0. The van der Waals surface area contributed by atoms with Crippen molar-refractivity contribution in [3.63, 3.8) is 0 Å². The van der Waals surface area contributed by atoms with Crippen LogP contribution in [0.5, 0.6) is 0 Å². The fourth-order valence-corrected chi connectivity index (χ4v) is 21.2. The number of hydrogen-bond donors (Lipinski definition) is 0. The summed E-state index contributed by atoms with van der Waals surface area (Å²) < 4.78 is 27.7. The lowest BCUT2D eigenvalue weighted by molar-refractivity contribution is 0.658. The fourth-order valence-electron chi connectivity index (χ4n) is 13.8. The van der Waals surface area contributed by atoms with Gasteiger partial charge < -0.3 is 9.13 Å². The van der Waals surface area contributed by atoms with E-state index in [1.807, 2.05) is 22.7 Å². The first-order valence-corrected chi connectivity index (χ1v) is 30.1. The van der Waals surface area contributed by atoms with Crippen LogP contribution < -0.4 is 0 Å². The third-order valence-corrected chi connectivity index (χ3v) is 24.3. The van der Waals surface area contributed by atoms with Gasteiger partial charge in [-0.1, -0.05) is 146 Å². The molecule has 6 heteroatoms. The van der Waals surface area contributed by atoms with Gasteiger partial charge in [-0.3, -0.25) is 4.21 Å². The average molecular weight is 1050 g/mol. The molecule has 0 N–H and O–H groups in total.